The van der Waals surface area contributed by atoms with E-state index < -0.39 is 0 Å². The number of aromatic amines is 1. The second-order valence-electron chi connectivity index (χ2n) is 3.68. The lowest BCUT2D eigenvalue weighted by molar-refractivity contribution is 0.756. The van der Waals surface area contributed by atoms with E-state index in [0.29, 0.717) is 0 Å². The first-order valence-electron chi connectivity index (χ1n) is 4.90. The Hall–Kier alpha value is -1.78. The normalized spacial score (nSPS) is 10.6. The number of hydrogen-bond acceptors (Lipinski definition) is 3. The summed E-state index contributed by atoms with van der Waals surface area (Å²) in [7, 11) is 1.92. The van der Waals surface area contributed by atoms with Crippen molar-refractivity contribution in [3.8, 4) is 0 Å². The van der Waals surface area contributed by atoms with Crippen molar-refractivity contribution in [1.82, 2.24) is 19.7 Å². The van der Waals surface area contributed by atoms with Crippen molar-refractivity contribution in [3.05, 3.63) is 29.3 Å². The average molecular weight is 205 g/mol. The van der Waals surface area contributed by atoms with Gasteiger partial charge in [0.2, 0.25) is 5.95 Å². The van der Waals surface area contributed by atoms with Crippen molar-refractivity contribution in [2.45, 2.75) is 20.4 Å². The fraction of sp³-hybridized carbons (Fsp3) is 0.400. The lowest BCUT2D eigenvalue weighted by Gasteiger charge is -2.00. The van der Waals surface area contributed by atoms with E-state index in [9.17, 15) is 0 Å². The van der Waals surface area contributed by atoms with Crippen LogP contribution < -0.4 is 5.32 Å². The van der Waals surface area contributed by atoms with E-state index >= 15 is 0 Å². The molecule has 2 rings (SSSR count). The molecule has 0 aromatic carbocycles. The molecular weight excluding hydrogens is 190 g/mol. The Balaban J connectivity index is 2.01. The van der Waals surface area contributed by atoms with E-state index in [1.165, 1.54) is 5.56 Å². The molecule has 0 saturated carbocycles. The molecule has 0 aliphatic heterocycles. The van der Waals surface area contributed by atoms with Crippen LogP contribution in [0.3, 0.4) is 0 Å². The van der Waals surface area contributed by atoms with Crippen molar-refractivity contribution in [2.75, 3.05) is 5.32 Å². The monoisotopic (exact) mass is 205 g/mol. The van der Waals surface area contributed by atoms with E-state index in [-0.39, 0.29) is 0 Å². The van der Waals surface area contributed by atoms with Crippen LogP contribution in [0.4, 0.5) is 5.95 Å². The Morgan fingerprint density at radius 1 is 1.47 bits per heavy atom. The lowest BCUT2D eigenvalue weighted by Crippen LogP contribution is -2.01. The number of nitrogens with one attached hydrogen (secondary N) is 2. The van der Waals surface area contributed by atoms with Crippen LogP contribution in [0.25, 0.3) is 0 Å². The zero-order chi connectivity index (χ0) is 10.8. The smallest absolute Gasteiger partial charge is 0.200 e. The molecular formula is C10H15N5. The third kappa shape index (κ3) is 2.18. The molecule has 0 bridgehead atoms. The van der Waals surface area contributed by atoms with Crippen molar-refractivity contribution >= 4 is 5.95 Å². The van der Waals surface area contributed by atoms with Crippen molar-refractivity contribution in [3.63, 3.8) is 0 Å². The molecule has 0 aliphatic rings. The van der Waals surface area contributed by atoms with Crippen LogP contribution in [0.15, 0.2) is 12.4 Å². The predicted octanol–water partition coefficient (Wildman–Crippen LogP) is 1.37. The molecule has 2 aromatic rings. The Morgan fingerprint density at radius 2 is 2.27 bits per heavy atom. The maximum atomic E-state index is 4.27. The van der Waals surface area contributed by atoms with E-state index in [1.807, 2.05) is 31.8 Å². The molecule has 0 amide bonds. The van der Waals surface area contributed by atoms with E-state index in [4.69, 9.17) is 0 Å². The second-order valence-corrected chi connectivity index (χ2v) is 3.68. The van der Waals surface area contributed by atoms with Gasteiger partial charge in [-0.15, -0.1) is 0 Å². The van der Waals surface area contributed by atoms with E-state index in [1.54, 1.807) is 6.20 Å². The van der Waals surface area contributed by atoms with E-state index in [2.05, 4.69) is 20.4 Å². The minimum Gasteiger partial charge on any atom is -0.352 e. The fourth-order valence-corrected chi connectivity index (χ4v) is 1.50. The average Bonchev–Trinajstić information content (AvgIpc) is 2.70. The highest BCUT2D eigenvalue weighted by molar-refractivity contribution is 5.29. The van der Waals surface area contributed by atoms with Crippen LogP contribution >= 0.6 is 0 Å². The molecule has 0 radical (unpaired) electrons. The topological polar surface area (TPSA) is 58.5 Å². The van der Waals surface area contributed by atoms with Crippen LogP contribution in [-0.2, 0) is 13.6 Å². The maximum absolute atomic E-state index is 4.27. The molecule has 2 heterocycles. The summed E-state index contributed by atoms with van der Waals surface area (Å²) in [6, 6.07) is 0. The van der Waals surface area contributed by atoms with Crippen LogP contribution in [0, 0.1) is 13.8 Å². The van der Waals surface area contributed by atoms with Crippen molar-refractivity contribution in [2.24, 2.45) is 7.05 Å². The van der Waals surface area contributed by atoms with Gasteiger partial charge in [-0.1, -0.05) is 0 Å². The molecule has 80 valence electrons. The summed E-state index contributed by atoms with van der Waals surface area (Å²) in [5.74, 6) is 0.802. The summed E-state index contributed by atoms with van der Waals surface area (Å²) in [6.45, 7) is 4.73. The molecule has 0 unspecified atom stereocenters. The third-order valence-electron chi connectivity index (χ3n) is 2.26. The molecule has 0 spiro atoms. The second kappa shape index (κ2) is 3.76. The van der Waals surface area contributed by atoms with Gasteiger partial charge in [0.1, 0.15) is 0 Å². The highest BCUT2D eigenvalue weighted by atomic mass is 15.3. The third-order valence-corrected chi connectivity index (χ3v) is 2.26. The SMILES string of the molecule is Cc1cnc(NCc2cn(C)nc2C)[nH]1. The van der Waals surface area contributed by atoms with Crippen LogP contribution in [-0.4, -0.2) is 19.7 Å². The zero-order valence-electron chi connectivity index (χ0n) is 9.20. The highest BCUT2D eigenvalue weighted by Gasteiger charge is 2.03. The summed E-state index contributed by atoms with van der Waals surface area (Å²) in [6.07, 6.45) is 3.82. The lowest BCUT2D eigenvalue weighted by atomic mass is 10.3. The molecule has 5 heteroatoms. The number of aromatic nitrogens is 4. The van der Waals surface area contributed by atoms with Gasteiger partial charge in [-0.05, 0) is 13.8 Å². The quantitative estimate of drug-likeness (QED) is 0.795. The molecule has 0 fully saturated rings. The fourth-order valence-electron chi connectivity index (χ4n) is 1.50. The molecule has 2 N–H and O–H groups in total. The maximum Gasteiger partial charge on any atom is 0.200 e. The minimum absolute atomic E-state index is 0.743. The van der Waals surface area contributed by atoms with Gasteiger partial charge in [0.05, 0.1) is 5.69 Å². The molecule has 0 saturated heterocycles. The Bertz CT molecular complexity index is 454. The van der Waals surface area contributed by atoms with Crippen molar-refractivity contribution < 1.29 is 0 Å². The Kier molecular flexibility index (Phi) is 2.45. The number of anilines is 1. The number of hydrogen-bond donors (Lipinski definition) is 2. The summed E-state index contributed by atoms with van der Waals surface area (Å²) >= 11 is 0. The first-order chi connectivity index (χ1) is 7.15. The van der Waals surface area contributed by atoms with Gasteiger partial charge in [-0.25, -0.2) is 4.98 Å². The van der Waals surface area contributed by atoms with Gasteiger partial charge < -0.3 is 10.3 Å². The minimum atomic E-state index is 0.743. The number of H-pyrrole nitrogens is 1. The molecule has 2 aromatic heterocycles. The van der Waals surface area contributed by atoms with Gasteiger partial charge in [-0.3, -0.25) is 4.68 Å². The number of aryl methyl sites for hydroxylation is 3. The molecule has 5 nitrogen and oxygen atoms in total. The van der Waals surface area contributed by atoms with Crippen molar-refractivity contribution in [1.29, 1.82) is 0 Å². The number of rotatable bonds is 3. The highest BCUT2D eigenvalue weighted by Crippen LogP contribution is 2.07. The summed E-state index contributed by atoms with van der Waals surface area (Å²) in [4.78, 5) is 7.30. The van der Waals surface area contributed by atoms with Crippen LogP contribution in [0.2, 0.25) is 0 Å². The first-order valence-corrected chi connectivity index (χ1v) is 4.90. The van der Waals surface area contributed by atoms with Gasteiger partial charge in [0.15, 0.2) is 0 Å². The van der Waals surface area contributed by atoms with Crippen LogP contribution in [0.5, 0.6) is 0 Å². The van der Waals surface area contributed by atoms with Gasteiger partial charge in [0.25, 0.3) is 0 Å². The largest absolute Gasteiger partial charge is 0.352 e. The van der Waals surface area contributed by atoms with Gasteiger partial charge >= 0.3 is 0 Å². The summed E-state index contributed by atoms with van der Waals surface area (Å²) in [5.41, 5.74) is 3.29. The Labute approximate surface area is 88.5 Å². The molecule has 0 atom stereocenters. The molecule has 0 aliphatic carbocycles. The summed E-state index contributed by atoms with van der Waals surface area (Å²) < 4.78 is 1.82. The standard InChI is InChI=1S/C10H15N5/c1-7-4-11-10(13-7)12-5-9-6-15(3)14-8(9)2/h4,6H,5H2,1-3H3,(H2,11,12,13). The molecule has 15 heavy (non-hydrogen) atoms. The van der Waals surface area contributed by atoms with E-state index in [0.717, 1.165) is 23.9 Å². The summed E-state index contributed by atoms with van der Waals surface area (Å²) in [5, 5.41) is 7.49. The predicted molar refractivity (Wildman–Crippen MR) is 58.6 cm³/mol. The van der Waals surface area contributed by atoms with Gasteiger partial charge in [0, 0.05) is 37.2 Å². The first kappa shape index (κ1) is 9.76. The Morgan fingerprint density at radius 3 is 2.80 bits per heavy atom. The zero-order valence-corrected chi connectivity index (χ0v) is 9.20. The van der Waals surface area contributed by atoms with Crippen LogP contribution in [0.1, 0.15) is 17.0 Å². The number of imidazole rings is 1. The number of nitrogens with zero attached hydrogens (tertiary/aromatic N) is 3. The van der Waals surface area contributed by atoms with Gasteiger partial charge in [-0.2, -0.15) is 5.10 Å².